The van der Waals surface area contributed by atoms with E-state index < -0.39 is 0 Å². The molecule has 1 N–H and O–H groups in total. The molecule has 0 spiro atoms. The Kier molecular flexibility index (Phi) is 5.09. The van der Waals surface area contributed by atoms with E-state index in [1.54, 1.807) is 18.1 Å². The van der Waals surface area contributed by atoms with E-state index in [1.807, 2.05) is 0 Å². The third-order valence-corrected chi connectivity index (χ3v) is 6.76. The number of hydrogen-bond acceptors (Lipinski definition) is 5. The minimum absolute atomic E-state index is 0.570. The predicted octanol–water partition coefficient (Wildman–Crippen LogP) is 4.24. The van der Waals surface area contributed by atoms with E-state index in [1.165, 1.54) is 68.5 Å². The molecular formula is C19H28N4S. The number of aromatic nitrogens is 2. The predicted molar refractivity (Wildman–Crippen MR) is 100 cm³/mol. The van der Waals surface area contributed by atoms with E-state index in [9.17, 15) is 0 Å². The van der Waals surface area contributed by atoms with Crippen molar-refractivity contribution in [2.75, 3.05) is 18.4 Å². The molecule has 4 nitrogen and oxygen atoms in total. The van der Waals surface area contributed by atoms with E-state index in [0.29, 0.717) is 6.04 Å². The number of anilines is 1. The summed E-state index contributed by atoms with van der Waals surface area (Å²) in [5.41, 5.74) is 1.31. The summed E-state index contributed by atoms with van der Waals surface area (Å²) in [6.07, 6.45) is 12.9. The standard InChI is InChI=1S/C19H28N4S/c1-14-5-2-3-6-17-18(20-13-21-19(17)24-14)22-15-7-9-16(10-8-15)23-11-4-12-23/h13,15-16H,1-12H2,(H,20,21,22). The molecule has 0 atom stereocenters. The van der Waals surface area contributed by atoms with Gasteiger partial charge in [-0.3, -0.25) is 0 Å². The topological polar surface area (TPSA) is 41.0 Å². The molecule has 0 radical (unpaired) electrons. The largest absolute Gasteiger partial charge is 0.367 e. The van der Waals surface area contributed by atoms with Gasteiger partial charge in [0.15, 0.2) is 0 Å². The van der Waals surface area contributed by atoms with E-state index in [-0.39, 0.29) is 0 Å². The lowest BCUT2D eigenvalue weighted by molar-refractivity contribution is 0.0889. The van der Waals surface area contributed by atoms with Crippen LogP contribution in [0.5, 0.6) is 0 Å². The molecule has 1 aromatic rings. The molecule has 0 amide bonds. The summed E-state index contributed by atoms with van der Waals surface area (Å²) in [5, 5.41) is 4.87. The summed E-state index contributed by atoms with van der Waals surface area (Å²) in [6.45, 7) is 6.82. The first-order valence-electron chi connectivity index (χ1n) is 9.49. The van der Waals surface area contributed by atoms with E-state index in [4.69, 9.17) is 0 Å². The van der Waals surface area contributed by atoms with E-state index in [2.05, 4.69) is 26.8 Å². The van der Waals surface area contributed by atoms with Crippen molar-refractivity contribution in [3.05, 3.63) is 23.4 Å². The summed E-state index contributed by atoms with van der Waals surface area (Å²) in [6, 6.07) is 1.40. The molecule has 3 aliphatic rings. The van der Waals surface area contributed by atoms with Gasteiger partial charge in [0.05, 0.1) is 0 Å². The molecule has 0 bridgehead atoms. The van der Waals surface area contributed by atoms with Crippen LogP contribution in [0.1, 0.15) is 56.9 Å². The van der Waals surface area contributed by atoms with Gasteiger partial charge in [-0.1, -0.05) is 18.3 Å². The van der Waals surface area contributed by atoms with Gasteiger partial charge in [0, 0.05) is 17.6 Å². The second-order valence-electron chi connectivity index (χ2n) is 7.39. The van der Waals surface area contributed by atoms with Crippen molar-refractivity contribution in [3.8, 4) is 0 Å². The number of nitrogens with one attached hydrogen (secondary N) is 1. The van der Waals surface area contributed by atoms with Crippen molar-refractivity contribution in [2.45, 2.75) is 74.9 Å². The first-order valence-corrected chi connectivity index (χ1v) is 10.3. The van der Waals surface area contributed by atoms with Gasteiger partial charge < -0.3 is 10.2 Å². The SMILES string of the molecule is C=C1CCCCc2c(NC3CCC(N4CCC4)CC3)ncnc2S1. The first kappa shape index (κ1) is 16.4. The molecule has 5 heteroatoms. The van der Waals surface area contributed by atoms with Crippen molar-refractivity contribution in [2.24, 2.45) is 0 Å². The molecule has 130 valence electrons. The first-order chi connectivity index (χ1) is 11.8. The number of fused-ring (bicyclic) bond motifs is 1. The Morgan fingerprint density at radius 1 is 1.04 bits per heavy atom. The van der Waals surface area contributed by atoms with Crippen LogP contribution in [0.15, 0.2) is 22.8 Å². The highest BCUT2D eigenvalue weighted by molar-refractivity contribution is 8.03. The normalized spacial score (nSPS) is 28.4. The smallest absolute Gasteiger partial charge is 0.133 e. The van der Waals surface area contributed by atoms with Gasteiger partial charge in [0.1, 0.15) is 17.2 Å². The second-order valence-corrected chi connectivity index (χ2v) is 8.56. The average Bonchev–Trinajstić information content (AvgIpc) is 2.51. The summed E-state index contributed by atoms with van der Waals surface area (Å²) in [7, 11) is 0. The number of rotatable bonds is 3. The summed E-state index contributed by atoms with van der Waals surface area (Å²) in [5.74, 6) is 1.08. The lowest BCUT2D eigenvalue weighted by Crippen LogP contribution is -2.47. The molecule has 0 unspecified atom stereocenters. The van der Waals surface area contributed by atoms with E-state index >= 15 is 0 Å². The monoisotopic (exact) mass is 344 g/mol. The number of hydrogen-bond donors (Lipinski definition) is 1. The van der Waals surface area contributed by atoms with Crippen molar-refractivity contribution >= 4 is 17.6 Å². The van der Waals surface area contributed by atoms with Gasteiger partial charge in [-0.15, -0.1) is 0 Å². The summed E-state index contributed by atoms with van der Waals surface area (Å²) in [4.78, 5) is 13.0. The van der Waals surface area contributed by atoms with Crippen LogP contribution < -0.4 is 5.32 Å². The van der Waals surface area contributed by atoms with Crippen LogP contribution in [0, 0.1) is 0 Å². The Labute approximate surface area is 149 Å². The Morgan fingerprint density at radius 2 is 1.83 bits per heavy atom. The lowest BCUT2D eigenvalue weighted by atomic mass is 9.88. The zero-order valence-electron chi connectivity index (χ0n) is 14.5. The van der Waals surface area contributed by atoms with E-state index in [0.717, 1.165) is 29.7 Å². The average molecular weight is 345 g/mol. The van der Waals surface area contributed by atoms with Crippen molar-refractivity contribution in [1.29, 1.82) is 0 Å². The molecule has 1 aromatic heterocycles. The molecule has 3 heterocycles. The molecule has 1 saturated carbocycles. The quantitative estimate of drug-likeness (QED) is 0.831. The zero-order valence-corrected chi connectivity index (χ0v) is 15.3. The highest BCUT2D eigenvalue weighted by Crippen LogP contribution is 2.36. The Morgan fingerprint density at radius 3 is 2.58 bits per heavy atom. The summed E-state index contributed by atoms with van der Waals surface area (Å²) < 4.78 is 0. The fourth-order valence-electron chi connectivity index (χ4n) is 4.13. The van der Waals surface area contributed by atoms with Crippen molar-refractivity contribution in [1.82, 2.24) is 14.9 Å². The fraction of sp³-hybridized carbons (Fsp3) is 0.684. The molecule has 2 aliphatic heterocycles. The van der Waals surface area contributed by atoms with Crippen LogP contribution >= 0.6 is 11.8 Å². The van der Waals surface area contributed by atoms with Crippen LogP contribution in [-0.4, -0.2) is 40.0 Å². The van der Waals surface area contributed by atoms with Crippen LogP contribution in [0.3, 0.4) is 0 Å². The molecule has 4 rings (SSSR count). The summed E-state index contributed by atoms with van der Waals surface area (Å²) >= 11 is 1.74. The van der Waals surface area contributed by atoms with Crippen molar-refractivity contribution in [3.63, 3.8) is 0 Å². The van der Waals surface area contributed by atoms with Crippen LogP contribution in [0.4, 0.5) is 5.82 Å². The Hall–Kier alpha value is -1.07. The number of allylic oxidation sites excluding steroid dienone is 1. The third kappa shape index (κ3) is 3.62. The molecule has 1 aliphatic carbocycles. The van der Waals surface area contributed by atoms with Gasteiger partial charge in [-0.05, 0) is 75.8 Å². The van der Waals surface area contributed by atoms with Crippen LogP contribution in [0.25, 0.3) is 0 Å². The fourth-order valence-corrected chi connectivity index (χ4v) is 5.07. The number of likely N-dealkylation sites (tertiary alicyclic amines) is 1. The van der Waals surface area contributed by atoms with Gasteiger partial charge in [-0.2, -0.15) is 0 Å². The van der Waals surface area contributed by atoms with Crippen molar-refractivity contribution < 1.29 is 0 Å². The minimum atomic E-state index is 0.570. The van der Waals surface area contributed by atoms with Gasteiger partial charge in [0.25, 0.3) is 0 Å². The molecular weight excluding hydrogens is 316 g/mol. The molecule has 24 heavy (non-hydrogen) atoms. The highest BCUT2D eigenvalue weighted by Gasteiger charge is 2.29. The molecule has 1 saturated heterocycles. The Bertz CT molecular complexity index is 591. The maximum atomic E-state index is 4.59. The minimum Gasteiger partial charge on any atom is -0.367 e. The maximum Gasteiger partial charge on any atom is 0.133 e. The molecule has 0 aromatic carbocycles. The van der Waals surface area contributed by atoms with Crippen LogP contribution in [0.2, 0.25) is 0 Å². The number of nitrogens with zero attached hydrogens (tertiary/aromatic N) is 3. The van der Waals surface area contributed by atoms with Gasteiger partial charge in [-0.25, -0.2) is 9.97 Å². The van der Waals surface area contributed by atoms with Crippen LogP contribution in [-0.2, 0) is 6.42 Å². The zero-order chi connectivity index (χ0) is 16.4. The van der Waals surface area contributed by atoms with Gasteiger partial charge in [0.2, 0.25) is 0 Å². The maximum absolute atomic E-state index is 4.59. The Balaban J connectivity index is 1.42. The molecule has 2 fully saturated rings. The third-order valence-electron chi connectivity index (χ3n) is 5.72. The highest BCUT2D eigenvalue weighted by atomic mass is 32.2. The number of thioether (sulfide) groups is 1. The lowest BCUT2D eigenvalue weighted by Gasteiger charge is -2.42. The van der Waals surface area contributed by atoms with Gasteiger partial charge >= 0.3 is 0 Å². The second kappa shape index (κ2) is 7.44.